The minimum Gasteiger partial charge on any atom is -0.378 e. The summed E-state index contributed by atoms with van der Waals surface area (Å²) in [4.78, 5) is 0. The van der Waals surface area contributed by atoms with Gasteiger partial charge in [-0.15, -0.1) is 0 Å². The second kappa shape index (κ2) is 6.16. The molecule has 0 radical (unpaired) electrons. The Morgan fingerprint density at radius 2 is 1.79 bits per heavy atom. The molecular weight excluding hydrogens is 232 g/mol. The molecule has 1 heteroatoms. The van der Waals surface area contributed by atoms with Crippen molar-refractivity contribution in [3.05, 3.63) is 0 Å². The van der Waals surface area contributed by atoms with Crippen molar-refractivity contribution in [3.63, 3.8) is 0 Å². The fourth-order valence-corrected chi connectivity index (χ4v) is 5.18. The van der Waals surface area contributed by atoms with Crippen LogP contribution in [0.3, 0.4) is 0 Å². The van der Waals surface area contributed by atoms with Crippen molar-refractivity contribution < 1.29 is 4.74 Å². The van der Waals surface area contributed by atoms with Crippen LogP contribution < -0.4 is 0 Å². The quantitative estimate of drug-likeness (QED) is 0.630. The average molecular weight is 264 g/mol. The highest BCUT2D eigenvalue weighted by molar-refractivity contribution is 4.96. The molecule has 1 unspecified atom stereocenters. The number of rotatable bonds is 6. The third kappa shape index (κ3) is 3.54. The summed E-state index contributed by atoms with van der Waals surface area (Å²) in [5.74, 6) is 2.05. The number of fused-ring (bicyclic) bond motifs is 2. The molecule has 3 rings (SSSR count). The summed E-state index contributed by atoms with van der Waals surface area (Å²) in [6.07, 6.45) is 18.0. The lowest BCUT2D eigenvalue weighted by Crippen LogP contribution is -2.23. The molecule has 0 amide bonds. The molecule has 0 heterocycles. The lowest BCUT2D eigenvalue weighted by molar-refractivity contribution is 0.0200. The molecule has 0 aromatic heterocycles. The minimum absolute atomic E-state index is 0.500. The lowest BCUT2D eigenvalue weighted by atomic mass is 9.79. The molecule has 1 atom stereocenters. The highest BCUT2D eigenvalue weighted by atomic mass is 16.5. The van der Waals surface area contributed by atoms with Crippen LogP contribution in [0.5, 0.6) is 0 Å². The predicted molar refractivity (Wildman–Crippen MR) is 80.2 cm³/mol. The van der Waals surface area contributed by atoms with Crippen LogP contribution in [0.4, 0.5) is 0 Å². The van der Waals surface area contributed by atoms with Crippen molar-refractivity contribution in [1.82, 2.24) is 0 Å². The van der Waals surface area contributed by atoms with Gasteiger partial charge in [-0.3, -0.25) is 0 Å². The maximum Gasteiger partial charge on any atom is 0.0552 e. The monoisotopic (exact) mass is 264 g/mol. The standard InChI is InChI=1S/C18H32O/c1-15(13-18-10-7-17(14-18)8-11-18)19-12-9-16-5-3-2-4-6-16/h15-17H,2-14H2,1H3. The summed E-state index contributed by atoms with van der Waals surface area (Å²) < 4.78 is 6.15. The SMILES string of the molecule is CC(CC12CCC(CC1)C2)OCCC1CCCCC1. The van der Waals surface area contributed by atoms with Gasteiger partial charge < -0.3 is 4.74 Å². The summed E-state index contributed by atoms with van der Waals surface area (Å²) >= 11 is 0. The molecular formula is C18H32O. The Labute approximate surface area is 119 Å². The topological polar surface area (TPSA) is 9.23 Å². The van der Waals surface area contributed by atoms with Gasteiger partial charge in [0.15, 0.2) is 0 Å². The van der Waals surface area contributed by atoms with Gasteiger partial charge in [-0.05, 0) is 69.1 Å². The molecule has 0 saturated heterocycles. The molecule has 0 aromatic rings. The normalized spacial score (nSPS) is 36.8. The summed E-state index contributed by atoms with van der Waals surface area (Å²) in [5.41, 5.74) is 0.703. The van der Waals surface area contributed by atoms with E-state index in [4.69, 9.17) is 4.74 Å². The van der Waals surface area contributed by atoms with Gasteiger partial charge in [0.1, 0.15) is 0 Å². The van der Waals surface area contributed by atoms with Crippen molar-refractivity contribution in [2.24, 2.45) is 17.3 Å². The van der Waals surface area contributed by atoms with E-state index in [1.54, 1.807) is 0 Å². The molecule has 3 aliphatic rings. The molecule has 0 aromatic carbocycles. The average Bonchev–Trinajstić information content (AvgIpc) is 3.00. The van der Waals surface area contributed by atoms with Crippen molar-refractivity contribution in [2.75, 3.05) is 6.61 Å². The Balaban J connectivity index is 1.33. The molecule has 19 heavy (non-hydrogen) atoms. The Morgan fingerprint density at radius 3 is 2.42 bits per heavy atom. The van der Waals surface area contributed by atoms with E-state index < -0.39 is 0 Å². The van der Waals surface area contributed by atoms with Gasteiger partial charge in [-0.25, -0.2) is 0 Å². The second-order valence-electron chi connectivity index (χ2n) is 7.83. The van der Waals surface area contributed by atoms with E-state index in [1.807, 2.05) is 0 Å². The van der Waals surface area contributed by atoms with E-state index in [0.29, 0.717) is 11.5 Å². The maximum absolute atomic E-state index is 6.15. The van der Waals surface area contributed by atoms with Gasteiger partial charge in [0.05, 0.1) is 6.10 Å². The molecule has 3 fully saturated rings. The Bertz CT molecular complexity index is 271. The van der Waals surface area contributed by atoms with Gasteiger partial charge in [0.2, 0.25) is 0 Å². The predicted octanol–water partition coefficient (Wildman–Crippen LogP) is 5.33. The molecule has 0 spiro atoms. The van der Waals surface area contributed by atoms with Crippen LogP contribution >= 0.6 is 0 Å². The fourth-order valence-electron chi connectivity index (χ4n) is 5.18. The molecule has 1 nitrogen and oxygen atoms in total. The summed E-state index contributed by atoms with van der Waals surface area (Å²) in [5, 5.41) is 0. The van der Waals surface area contributed by atoms with E-state index in [2.05, 4.69) is 6.92 Å². The zero-order chi connectivity index (χ0) is 13.1. The Hall–Kier alpha value is -0.0400. The first-order chi connectivity index (χ1) is 9.26. The second-order valence-corrected chi connectivity index (χ2v) is 7.83. The first-order valence-electron chi connectivity index (χ1n) is 8.87. The van der Waals surface area contributed by atoms with Crippen molar-refractivity contribution >= 4 is 0 Å². The van der Waals surface area contributed by atoms with Crippen LogP contribution in [-0.4, -0.2) is 12.7 Å². The van der Waals surface area contributed by atoms with Crippen LogP contribution in [-0.2, 0) is 4.74 Å². The van der Waals surface area contributed by atoms with E-state index in [9.17, 15) is 0 Å². The molecule has 3 saturated carbocycles. The van der Waals surface area contributed by atoms with Crippen molar-refractivity contribution in [1.29, 1.82) is 0 Å². The van der Waals surface area contributed by atoms with Crippen molar-refractivity contribution in [3.8, 4) is 0 Å². The highest BCUT2D eigenvalue weighted by Gasteiger charge is 2.45. The molecule has 0 N–H and O–H groups in total. The number of hydrogen-bond acceptors (Lipinski definition) is 1. The molecule has 0 aliphatic heterocycles. The fraction of sp³-hybridized carbons (Fsp3) is 1.00. The minimum atomic E-state index is 0.500. The van der Waals surface area contributed by atoms with Crippen LogP contribution in [0.15, 0.2) is 0 Å². The van der Waals surface area contributed by atoms with Gasteiger partial charge in [-0.2, -0.15) is 0 Å². The highest BCUT2D eigenvalue weighted by Crippen LogP contribution is 2.56. The maximum atomic E-state index is 6.15. The van der Waals surface area contributed by atoms with Crippen LogP contribution in [0, 0.1) is 17.3 Å². The third-order valence-electron chi connectivity index (χ3n) is 6.26. The van der Waals surface area contributed by atoms with Gasteiger partial charge in [0, 0.05) is 6.61 Å². The number of ether oxygens (including phenoxy) is 1. The first kappa shape index (κ1) is 13.9. The van der Waals surface area contributed by atoms with Gasteiger partial charge in [-0.1, -0.05) is 32.1 Å². The summed E-state index contributed by atoms with van der Waals surface area (Å²) in [6.45, 7) is 3.34. The lowest BCUT2D eigenvalue weighted by Gasteiger charge is -2.30. The van der Waals surface area contributed by atoms with E-state index in [1.165, 1.54) is 77.0 Å². The van der Waals surface area contributed by atoms with Gasteiger partial charge >= 0.3 is 0 Å². The van der Waals surface area contributed by atoms with Crippen LogP contribution in [0.2, 0.25) is 0 Å². The first-order valence-corrected chi connectivity index (χ1v) is 8.87. The van der Waals surface area contributed by atoms with E-state index >= 15 is 0 Å². The zero-order valence-electron chi connectivity index (χ0n) is 12.8. The zero-order valence-corrected chi connectivity index (χ0v) is 12.8. The van der Waals surface area contributed by atoms with E-state index in [0.717, 1.165) is 18.4 Å². The molecule has 110 valence electrons. The Morgan fingerprint density at radius 1 is 1.05 bits per heavy atom. The van der Waals surface area contributed by atoms with Crippen LogP contribution in [0.1, 0.15) is 84.0 Å². The van der Waals surface area contributed by atoms with Crippen LogP contribution in [0.25, 0.3) is 0 Å². The summed E-state index contributed by atoms with van der Waals surface area (Å²) in [6, 6.07) is 0. The Kier molecular flexibility index (Phi) is 4.51. The summed E-state index contributed by atoms with van der Waals surface area (Å²) in [7, 11) is 0. The smallest absolute Gasteiger partial charge is 0.0552 e. The van der Waals surface area contributed by atoms with Gasteiger partial charge in [0.25, 0.3) is 0 Å². The third-order valence-corrected chi connectivity index (χ3v) is 6.26. The van der Waals surface area contributed by atoms with E-state index in [-0.39, 0.29) is 0 Å². The number of hydrogen-bond donors (Lipinski definition) is 0. The van der Waals surface area contributed by atoms with Crippen molar-refractivity contribution in [2.45, 2.75) is 90.1 Å². The largest absolute Gasteiger partial charge is 0.378 e. The molecule has 3 aliphatic carbocycles. The molecule has 2 bridgehead atoms.